The quantitative estimate of drug-likeness (QED) is 0.452. The molecule has 1 aromatic heterocycles. The fraction of sp³-hybridized carbons (Fsp3) is 0.320. The van der Waals surface area contributed by atoms with E-state index in [2.05, 4.69) is 15.3 Å². The summed E-state index contributed by atoms with van der Waals surface area (Å²) in [7, 11) is -4.14. The predicted octanol–water partition coefficient (Wildman–Crippen LogP) is 4.54. The summed E-state index contributed by atoms with van der Waals surface area (Å²) in [5.41, 5.74) is 0.566. The van der Waals surface area contributed by atoms with Crippen molar-refractivity contribution in [2.24, 2.45) is 5.92 Å². The lowest BCUT2D eigenvalue weighted by Crippen LogP contribution is -2.48. The maximum Gasteiger partial charge on any atom is 0.451 e. The number of benzene rings is 2. The van der Waals surface area contributed by atoms with E-state index in [-0.39, 0.29) is 34.9 Å². The van der Waals surface area contributed by atoms with Crippen LogP contribution in [0.4, 0.5) is 22.0 Å². The highest BCUT2D eigenvalue weighted by molar-refractivity contribution is 7.89. The first-order chi connectivity index (χ1) is 17.8. The van der Waals surface area contributed by atoms with Gasteiger partial charge in [0.25, 0.3) is 0 Å². The fourth-order valence-corrected chi connectivity index (χ4v) is 6.22. The number of hydrogen-bond donors (Lipinski definition) is 1. The zero-order valence-corrected chi connectivity index (χ0v) is 21.0. The molecular weight excluding hydrogens is 531 g/mol. The van der Waals surface area contributed by atoms with E-state index >= 15 is 0 Å². The highest BCUT2D eigenvalue weighted by atomic mass is 32.2. The van der Waals surface area contributed by atoms with E-state index in [0.717, 1.165) is 47.0 Å². The lowest BCUT2D eigenvalue weighted by atomic mass is 10.0. The third-order valence-corrected chi connectivity index (χ3v) is 8.57. The fourth-order valence-electron chi connectivity index (χ4n) is 4.34. The molecule has 202 valence electrons. The second kappa shape index (κ2) is 10.4. The molecule has 1 amide bonds. The molecule has 1 N–H and O–H groups in total. The van der Waals surface area contributed by atoms with Crippen molar-refractivity contribution in [1.29, 1.82) is 0 Å². The van der Waals surface area contributed by atoms with Crippen LogP contribution in [0.1, 0.15) is 31.7 Å². The van der Waals surface area contributed by atoms with Gasteiger partial charge in [0.1, 0.15) is 17.7 Å². The molecule has 4 rings (SSSR count). The van der Waals surface area contributed by atoms with Gasteiger partial charge in [0.05, 0.1) is 4.90 Å². The largest absolute Gasteiger partial charge is 0.451 e. The van der Waals surface area contributed by atoms with E-state index < -0.39 is 51.6 Å². The number of aromatic nitrogens is 2. The lowest BCUT2D eigenvalue weighted by molar-refractivity contribution is -0.145. The van der Waals surface area contributed by atoms with Crippen LogP contribution in [-0.4, -0.2) is 40.7 Å². The molecule has 1 fully saturated rings. The Hall–Kier alpha value is -3.45. The van der Waals surface area contributed by atoms with Crippen molar-refractivity contribution in [3.63, 3.8) is 0 Å². The molecule has 0 spiro atoms. The summed E-state index contributed by atoms with van der Waals surface area (Å²) >= 11 is 0. The number of alkyl halides is 3. The highest BCUT2D eigenvalue weighted by Gasteiger charge is 2.47. The normalized spacial score (nSPS) is 20.4. The molecule has 1 aliphatic rings. The standard InChI is InChI=1S/C25H23F5N4O3S/c1-14-9-22(34(15(14)2)38(36,37)20-6-4-19(26)5-7-20)23(35)31-11-17-10-16(3-8-21(17)27)18-12-32-24(33-13-18)25(28,29)30/h3-8,10,12-15,22H,9,11H2,1-2H3,(H,31,35)/t14-,15?,22-/m0/s1. The number of carbonyl (C=O) groups excluding carboxylic acids is 1. The van der Waals surface area contributed by atoms with Crippen LogP contribution in [0.3, 0.4) is 0 Å². The summed E-state index contributed by atoms with van der Waals surface area (Å²) in [5, 5.41) is 2.57. The number of nitrogens with one attached hydrogen (secondary N) is 1. The first kappa shape index (κ1) is 27.6. The Kier molecular flexibility index (Phi) is 7.53. The number of rotatable bonds is 6. The minimum Gasteiger partial charge on any atom is -0.351 e. The second-order valence-corrected chi connectivity index (χ2v) is 10.9. The summed E-state index contributed by atoms with van der Waals surface area (Å²) in [6.45, 7) is 3.18. The van der Waals surface area contributed by atoms with Crippen molar-refractivity contribution in [2.45, 2.75) is 50.0 Å². The third-order valence-electron chi connectivity index (χ3n) is 6.56. The summed E-state index contributed by atoms with van der Waals surface area (Å²) in [6, 6.07) is 6.46. The Morgan fingerprint density at radius 1 is 1.03 bits per heavy atom. The molecule has 0 bridgehead atoms. The molecular formula is C25H23F5N4O3S. The van der Waals surface area contributed by atoms with Gasteiger partial charge in [-0.3, -0.25) is 4.79 Å². The minimum absolute atomic E-state index is 0.0304. The average Bonchev–Trinajstić information content (AvgIpc) is 3.18. The van der Waals surface area contributed by atoms with E-state index in [1.165, 1.54) is 12.1 Å². The van der Waals surface area contributed by atoms with Crippen LogP contribution in [0.5, 0.6) is 0 Å². The van der Waals surface area contributed by atoms with Gasteiger partial charge in [-0.05, 0) is 61.2 Å². The molecule has 1 aliphatic heterocycles. The van der Waals surface area contributed by atoms with Gasteiger partial charge < -0.3 is 5.32 Å². The van der Waals surface area contributed by atoms with Crippen LogP contribution in [-0.2, 0) is 27.5 Å². The molecule has 3 aromatic rings. The molecule has 0 aliphatic carbocycles. The van der Waals surface area contributed by atoms with Gasteiger partial charge in [-0.25, -0.2) is 27.2 Å². The smallest absolute Gasteiger partial charge is 0.351 e. The average molecular weight is 555 g/mol. The van der Waals surface area contributed by atoms with Crippen LogP contribution < -0.4 is 5.32 Å². The molecule has 1 unspecified atom stereocenters. The van der Waals surface area contributed by atoms with E-state index in [9.17, 15) is 35.2 Å². The highest BCUT2D eigenvalue weighted by Crippen LogP contribution is 2.35. The van der Waals surface area contributed by atoms with Gasteiger partial charge >= 0.3 is 6.18 Å². The number of sulfonamides is 1. The maximum atomic E-state index is 14.5. The first-order valence-corrected chi connectivity index (χ1v) is 13.0. The SMILES string of the molecule is CC1[C@@H](C)C[C@@H](C(=O)NCc2cc(-c3cnc(C(F)(F)F)nc3)ccc2F)N1S(=O)(=O)c1ccc(F)cc1. The van der Waals surface area contributed by atoms with E-state index in [1.54, 1.807) is 13.8 Å². The monoisotopic (exact) mass is 554 g/mol. The van der Waals surface area contributed by atoms with E-state index in [1.807, 2.05) is 0 Å². The Labute approximate surface area is 215 Å². The molecule has 0 saturated carbocycles. The topological polar surface area (TPSA) is 92.3 Å². The van der Waals surface area contributed by atoms with Gasteiger partial charge in [0.2, 0.25) is 21.8 Å². The molecule has 3 atom stereocenters. The summed E-state index contributed by atoms with van der Waals surface area (Å²) in [4.78, 5) is 19.6. The van der Waals surface area contributed by atoms with Crippen molar-refractivity contribution in [1.82, 2.24) is 19.6 Å². The molecule has 38 heavy (non-hydrogen) atoms. The molecule has 1 saturated heterocycles. The zero-order chi connectivity index (χ0) is 27.8. The molecule has 7 nitrogen and oxygen atoms in total. The summed E-state index contributed by atoms with van der Waals surface area (Å²) < 4.78 is 93.8. The van der Waals surface area contributed by atoms with Gasteiger partial charge in [0.15, 0.2) is 0 Å². The Morgan fingerprint density at radius 3 is 2.26 bits per heavy atom. The molecule has 2 heterocycles. The second-order valence-electron chi connectivity index (χ2n) is 9.08. The van der Waals surface area contributed by atoms with Crippen molar-refractivity contribution in [2.75, 3.05) is 0 Å². The van der Waals surface area contributed by atoms with E-state index in [0.29, 0.717) is 5.56 Å². The molecule has 2 aromatic carbocycles. The first-order valence-electron chi connectivity index (χ1n) is 11.5. The lowest BCUT2D eigenvalue weighted by Gasteiger charge is -2.27. The van der Waals surface area contributed by atoms with Gasteiger partial charge in [-0.2, -0.15) is 17.5 Å². The van der Waals surface area contributed by atoms with Crippen LogP contribution >= 0.6 is 0 Å². The van der Waals surface area contributed by atoms with Gasteiger partial charge in [0, 0.05) is 36.1 Å². The Morgan fingerprint density at radius 2 is 1.66 bits per heavy atom. The number of hydrogen-bond acceptors (Lipinski definition) is 5. The van der Waals surface area contributed by atoms with Crippen molar-refractivity contribution in [3.8, 4) is 11.1 Å². The number of carbonyl (C=O) groups is 1. The van der Waals surface area contributed by atoms with Crippen LogP contribution in [0, 0.1) is 17.6 Å². The zero-order valence-electron chi connectivity index (χ0n) is 20.2. The van der Waals surface area contributed by atoms with Gasteiger partial charge in [-0.1, -0.05) is 13.0 Å². The molecule has 0 radical (unpaired) electrons. The van der Waals surface area contributed by atoms with Crippen molar-refractivity contribution < 1.29 is 35.2 Å². The minimum atomic E-state index is -4.70. The Balaban J connectivity index is 1.53. The predicted molar refractivity (Wildman–Crippen MR) is 127 cm³/mol. The third kappa shape index (κ3) is 5.53. The number of halogens is 5. The van der Waals surface area contributed by atoms with Crippen molar-refractivity contribution >= 4 is 15.9 Å². The maximum absolute atomic E-state index is 14.5. The Bertz CT molecular complexity index is 1430. The summed E-state index contributed by atoms with van der Waals surface area (Å²) in [6.07, 6.45) is -2.56. The summed E-state index contributed by atoms with van der Waals surface area (Å²) in [5.74, 6) is -3.40. The van der Waals surface area contributed by atoms with Gasteiger partial charge in [-0.15, -0.1) is 0 Å². The van der Waals surface area contributed by atoms with Crippen LogP contribution in [0.2, 0.25) is 0 Å². The van der Waals surface area contributed by atoms with Crippen molar-refractivity contribution in [3.05, 3.63) is 77.9 Å². The number of amides is 1. The molecule has 13 heteroatoms. The number of nitrogens with zero attached hydrogens (tertiary/aromatic N) is 3. The van der Waals surface area contributed by atoms with E-state index in [4.69, 9.17) is 0 Å². The van der Waals surface area contributed by atoms with Crippen LogP contribution in [0.25, 0.3) is 11.1 Å². The van der Waals surface area contributed by atoms with Crippen LogP contribution in [0.15, 0.2) is 59.8 Å².